The molecular weight excluding hydrogens is 176 g/mol. The Hall–Kier alpha value is -1.03. The molecule has 4 heteroatoms. The number of halogens is 2. The van der Waals surface area contributed by atoms with Gasteiger partial charge in [-0.2, -0.15) is 8.78 Å². The molecule has 2 nitrogen and oxygen atoms in total. The average molecular weight is 187 g/mol. The fourth-order valence-corrected chi connectivity index (χ4v) is 0.765. The van der Waals surface area contributed by atoms with Gasteiger partial charge in [0.25, 0.3) is 0 Å². The second-order valence-electron chi connectivity index (χ2n) is 2.60. The molecule has 0 aliphatic heterocycles. The van der Waals surface area contributed by atoms with Crippen molar-refractivity contribution in [3.8, 4) is 0 Å². The van der Waals surface area contributed by atoms with Crippen LogP contribution in [0.15, 0.2) is 24.4 Å². The highest BCUT2D eigenvalue weighted by atomic mass is 19.3. The first-order chi connectivity index (χ1) is 6.14. The number of hydrogen-bond donors (Lipinski definition) is 0. The number of rotatable bonds is 4. The maximum atomic E-state index is 12.6. The summed E-state index contributed by atoms with van der Waals surface area (Å²) >= 11 is 0. The summed E-state index contributed by atoms with van der Waals surface area (Å²) in [5.41, 5.74) is 0.510. The lowest BCUT2D eigenvalue weighted by Crippen LogP contribution is -2.19. The average Bonchev–Trinajstić information content (AvgIpc) is 2.17. The van der Waals surface area contributed by atoms with Crippen LogP contribution in [0, 0.1) is 0 Å². The predicted molar refractivity (Wildman–Crippen MR) is 44.3 cm³/mol. The molecule has 0 bridgehead atoms. The molecule has 0 atom stereocenters. The molecule has 0 saturated heterocycles. The van der Waals surface area contributed by atoms with E-state index < -0.39 is 6.11 Å². The Morgan fingerprint density at radius 1 is 1.46 bits per heavy atom. The molecule has 0 fully saturated rings. The quantitative estimate of drug-likeness (QED) is 0.722. The smallest absolute Gasteiger partial charge is 0.314 e. The SMILES string of the molecule is CCC(F)(F)OCc1ccccn1. The first-order valence-corrected chi connectivity index (χ1v) is 4.06. The van der Waals surface area contributed by atoms with Crippen molar-refractivity contribution in [2.45, 2.75) is 26.1 Å². The van der Waals surface area contributed by atoms with E-state index in [-0.39, 0.29) is 13.0 Å². The third-order valence-corrected chi connectivity index (χ3v) is 1.57. The number of nitrogens with zero attached hydrogens (tertiary/aromatic N) is 1. The van der Waals surface area contributed by atoms with E-state index in [0.29, 0.717) is 5.69 Å². The minimum atomic E-state index is -3.04. The van der Waals surface area contributed by atoms with E-state index in [2.05, 4.69) is 9.72 Å². The summed E-state index contributed by atoms with van der Waals surface area (Å²) in [6.07, 6.45) is -1.82. The molecule has 0 aliphatic carbocycles. The largest absolute Gasteiger partial charge is 0.355 e. The summed E-state index contributed by atoms with van der Waals surface area (Å²) in [7, 11) is 0. The summed E-state index contributed by atoms with van der Waals surface area (Å²) < 4.78 is 29.5. The lowest BCUT2D eigenvalue weighted by Gasteiger charge is -2.13. The molecule has 0 aliphatic rings. The van der Waals surface area contributed by atoms with Crippen LogP contribution < -0.4 is 0 Å². The zero-order chi connectivity index (χ0) is 9.73. The standard InChI is InChI=1S/C9H11F2NO/c1-2-9(10,11)13-7-8-5-3-4-6-12-8/h3-6H,2,7H2,1H3. The fourth-order valence-electron chi connectivity index (χ4n) is 0.765. The van der Waals surface area contributed by atoms with Gasteiger partial charge < -0.3 is 4.74 Å². The van der Waals surface area contributed by atoms with Crippen LogP contribution in [0.1, 0.15) is 19.0 Å². The van der Waals surface area contributed by atoms with Crippen LogP contribution >= 0.6 is 0 Å². The molecule has 1 aromatic heterocycles. The summed E-state index contributed by atoms with van der Waals surface area (Å²) in [6.45, 7) is 1.22. The molecule has 72 valence electrons. The van der Waals surface area contributed by atoms with Crippen LogP contribution in [0.2, 0.25) is 0 Å². The van der Waals surface area contributed by atoms with E-state index in [1.807, 2.05) is 0 Å². The molecule has 0 unspecified atom stereocenters. The van der Waals surface area contributed by atoms with Crippen molar-refractivity contribution in [2.75, 3.05) is 0 Å². The Morgan fingerprint density at radius 3 is 2.77 bits per heavy atom. The summed E-state index contributed by atoms with van der Waals surface area (Å²) in [5, 5.41) is 0. The molecule has 0 radical (unpaired) electrons. The van der Waals surface area contributed by atoms with Gasteiger partial charge in [0.05, 0.1) is 12.3 Å². The molecule has 0 aromatic carbocycles. The third-order valence-electron chi connectivity index (χ3n) is 1.57. The number of pyridine rings is 1. The third kappa shape index (κ3) is 3.46. The highest BCUT2D eigenvalue weighted by Gasteiger charge is 2.26. The predicted octanol–water partition coefficient (Wildman–Crippen LogP) is 2.60. The monoisotopic (exact) mass is 187 g/mol. The van der Waals surface area contributed by atoms with Crippen molar-refractivity contribution in [2.24, 2.45) is 0 Å². The van der Waals surface area contributed by atoms with Crippen molar-refractivity contribution in [1.29, 1.82) is 0 Å². The molecule has 1 heterocycles. The summed E-state index contributed by atoms with van der Waals surface area (Å²) in [5.74, 6) is 0. The van der Waals surface area contributed by atoms with E-state index in [0.717, 1.165) is 0 Å². The van der Waals surface area contributed by atoms with Gasteiger partial charge in [-0.25, -0.2) is 0 Å². The van der Waals surface area contributed by atoms with Gasteiger partial charge in [0, 0.05) is 12.6 Å². The lowest BCUT2D eigenvalue weighted by molar-refractivity contribution is -0.246. The molecular formula is C9H11F2NO. The topological polar surface area (TPSA) is 22.1 Å². The maximum Gasteiger partial charge on any atom is 0.355 e. The Bertz CT molecular complexity index is 251. The normalized spacial score (nSPS) is 11.6. The minimum absolute atomic E-state index is 0.151. The van der Waals surface area contributed by atoms with Crippen molar-refractivity contribution in [3.05, 3.63) is 30.1 Å². The summed E-state index contributed by atoms with van der Waals surface area (Å²) in [4.78, 5) is 3.86. The van der Waals surface area contributed by atoms with Crippen LogP contribution in [-0.2, 0) is 11.3 Å². The van der Waals surface area contributed by atoms with Gasteiger partial charge in [0.15, 0.2) is 0 Å². The van der Waals surface area contributed by atoms with Crippen molar-refractivity contribution >= 4 is 0 Å². The molecule has 0 N–H and O–H groups in total. The van der Waals surface area contributed by atoms with Gasteiger partial charge in [0.1, 0.15) is 0 Å². The van der Waals surface area contributed by atoms with E-state index in [1.54, 1.807) is 24.4 Å². The Labute approximate surface area is 75.6 Å². The van der Waals surface area contributed by atoms with Crippen LogP contribution in [0.5, 0.6) is 0 Å². The number of alkyl halides is 2. The van der Waals surface area contributed by atoms with Gasteiger partial charge in [-0.3, -0.25) is 4.98 Å². The van der Waals surface area contributed by atoms with Gasteiger partial charge in [0.2, 0.25) is 0 Å². The zero-order valence-corrected chi connectivity index (χ0v) is 7.34. The van der Waals surface area contributed by atoms with Crippen molar-refractivity contribution in [1.82, 2.24) is 4.98 Å². The first kappa shape index (κ1) is 10.1. The van der Waals surface area contributed by atoms with Crippen LogP contribution in [0.3, 0.4) is 0 Å². The lowest BCUT2D eigenvalue weighted by atomic mass is 10.4. The highest BCUT2D eigenvalue weighted by molar-refractivity contribution is 5.01. The first-order valence-electron chi connectivity index (χ1n) is 4.06. The Morgan fingerprint density at radius 2 is 2.23 bits per heavy atom. The zero-order valence-electron chi connectivity index (χ0n) is 7.34. The van der Waals surface area contributed by atoms with Gasteiger partial charge in [-0.15, -0.1) is 0 Å². The number of aromatic nitrogens is 1. The fraction of sp³-hybridized carbons (Fsp3) is 0.444. The molecule has 0 amide bonds. The van der Waals surface area contributed by atoms with E-state index in [4.69, 9.17) is 0 Å². The highest BCUT2D eigenvalue weighted by Crippen LogP contribution is 2.20. The number of hydrogen-bond acceptors (Lipinski definition) is 2. The van der Waals surface area contributed by atoms with E-state index >= 15 is 0 Å². The maximum absolute atomic E-state index is 12.6. The Balaban J connectivity index is 2.44. The van der Waals surface area contributed by atoms with E-state index in [9.17, 15) is 8.78 Å². The molecule has 0 saturated carbocycles. The van der Waals surface area contributed by atoms with Crippen molar-refractivity contribution in [3.63, 3.8) is 0 Å². The second kappa shape index (κ2) is 4.28. The second-order valence-corrected chi connectivity index (χ2v) is 2.60. The molecule has 0 spiro atoms. The molecule has 1 rings (SSSR count). The van der Waals surface area contributed by atoms with E-state index in [1.165, 1.54) is 6.92 Å². The molecule has 1 aromatic rings. The molecule has 13 heavy (non-hydrogen) atoms. The summed E-state index contributed by atoms with van der Waals surface area (Å²) in [6, 6.07) is 5.10. The minimum Gasteiger partial charge on any atom is -0.314 e. The van der Waals surface area contributed by atoms with Gasteiger partial charge in [-0.05, 0) is 12.1 Å². The Kier molecular flexibility index (Phi) is 3.31. The van der Waals surface area contributed by atoms with Crippen molar-refractivity contribution < 1.29 is 13.5 Å². The van der Waals surface area contributed by atoms with Crippen LogP contribution in [0.4, 0.5) is 8.78 Å². The van der Waals surface area contributed by atoms with Gasteiger partial charge >= 0.3 is 6.11 Å². The number of ether oxygens (including phenoxy) is 1. The van der Waals surface area contributed by atoms with Crippen LogP contribution in [-0.4, -0.2) is 11.1 Å². The van der Waals surface area contributed by atoms with Gasteiger partial charge in [-0.1, -0.05) is 13.0 Å². The van der Waals surface area contributed by atoms with Crippen LogP contribution in [0.25, 0.3) is 0 Å².